The summed E-state index contributed by atoms with van der Waals surface area (Å²) in [4.78, 5) is 28.6. The summed E-state index contributed by atoms with van der Waals surface area (Å²) in [6.45, 7) is 3.43. The van der Waals surface area contributed by atoms with Gasteiger partial charge in [0.05, 0.1) is 30.0 Å². The van der Waals surface area contributed by atoms with E-state index in [-0.39, 0.29) is 23.8 Å². The fourth-order valence-electron chi connectivity index (χ4n) is 6.46. The number of aryl methyl sites for hydroxylation is 1. The van der Waals surface area contributed by atoms with E-state index in [0.29, 0.717) is 42.0 Å². The van der Waals surface area contributed by atoms with E-state index >= 15 is 0 Å². The van der Waals surface area contributed by atoms with E-state index < -0.39 is 23.7 Å². The van der Waals surface area contributed by atoms with Gasteiger partial charge in [-0.25, -0.2) is 0 Å². The number of rotatable bonds is 9. The number of benzene rings is 1. The molecular weight excluding hydrogens is 558 g/mol. The molecule has 11 heteroatoms. The molecule has 224 valence electrons. The molecule has 42 heavy (non-hydrogen) atoms. The Balaban J connectivity index is 1.53. The number of carboxylic acids is 1. The number of nitrogens with zero attached hydrogens (tertiary/aromatic N) is 2. The van der Waals surface area contributed by atoms with E-state index in [9.17, 15) is 14.7 Å². The monoisotopic (exact) mass is 595 g/mol. The third-order valence-electron chi connectivity index (χ3n) is 8.75. The van der Waals surface area contributed by atoms with Gasteiger partial charge in [-0.2, -0.15) is 5.10 Å². The molecule has 2 aliphatic heterocycles. The second-order valence-corrected chi connectivity index (χ2v) is 12.3. The van der Waals surface area contributed by atoms with Crippen LogP contribution in [-0.4, -0.2) is 47.3 Å². The first-order valence-corrected chi connectivity index (χ1v) is 15.4. The van der Waals surface area contributed by atoms with Crippen molar-refractivity contribution in [1.82, 2.24) is 15.1 Å². The number of ether oxygens (including phenoxy) is 4. The van der Waals surface area contributed by atoms with E-state index in [1.165, 1.54) is 11.3 Å². The number of carboxylic acid groups (broad SMARTS) is 1. The van der Waals surface area contributed by atoms with Crippen LogP contribution in [0.5, 0.6) is 5.75 Å². The Labute approximate surface area is 248 Å². The zero-order valence-corrected chi connectivity index (χ0v) is 24.8. The number of aromatic nitrogens is 2. The molecule has 0 bridgehead atoms. The zero-order chi connectivity index (χ0) is 29.3. The third-order valence-corrected chi connectivity index (χ3v) is 10.1. The Kier molecular flexibility index (Phi) is 8.24. The van der Waals surface area contributed by atoms with E-state index in [1.54, 1.807) is 24.3 Å². The number of hydrogen-bond donors (Lipinski definition) is 2. The number of nitrogens with one attached hydrogen (secondary N) is 1. The molecule has 3 aliphatic rings. The quantitative estimate of drug-likeness (QED) is 0.349. The van der Waals surface area contributed by atoms with Crippen molar-refractivity contribution in [3.63, 3.8) is 0 Å². The van der Waals surface area contributed by atoms with Crippen molar-refractivity contribution in [3.05, 3.63) is 68.6 Å². The lowest BCUT2D eigenvalue weighted by atomic mass is 9.71. The average Bonchev–Trinajstić information content (AvgIpc) is 3.67. The Hall–Kier alpha value is -3.41. The van der Waals surface area contributed by atoms with Crippen molar-refractivity contribution in [2.45, 2.75) is 82.3 Å². The molecule has 1 aromatic carbocycles. The summed E-state index contributed by atoms with van der Waals surface area (Å²) in [5.41, 5.74) is 0.110. The molecule has 2 unspecified atom stereocenters. The van der Waals surface area contributed by atoms with E-state index in [2.05, 4.69) is 5.32 Å². The van der Waals surface area contributed by atoms with E-state index in [1.807, 2.05) is 31.2 Å². The number of fused-ring (bicyclic) bond motifs is 1. The average molecular weight is 596 g/mol. The highest BCUT2D eigenvalue weighted by atomic mass is 32.1. The van der Waals surface area contributed by atoms with Crippen molar-refractivity contribution >= 4 is 27.5 Å². The largest absolute Gasteiger partial charge is 0.496 e. The van der Waals surface area contributed by atoms with Crippen LogP contribution >= 0.6 is 11.3 Å². The third kappa shape index (κ3) is 5.18. The number of aliphatic carboxylic acids is 1. The molecule has 6 rings (SSSR count). The molecule has 1 saturated carbocycles. The molecule has 2 fully saturated rings. The van der Waals surface area contributed by atoms with Crippen LogP contribution in [0.2, 0.25) is 0 Å². The predicted molar refractivity (Wildman–Crippen MR) is 158 cm³/mol. The van der Waals surface area contributed by atoms with Crippen LogP contribution in [-0.2, 0) is 31.0 Å². The number of carbonyl (C=O) groups is 1. The summed E-state index contributed by atoms with van der Waals surface area (Å²) in [7, 11) is 1.63. The van der Waals surface area contributed by atoms with Crippen molar-refractivity contribution in [3.8, 4) is 5.75 Å². The van der Waals surface area contributed by atoms with Crippen molar-refractivity contribution in [2.24, 2.45) is 0 Å². The highest BCUT2D eigenvalue weighted by molar-refractivity contribution is 7.19. The van der Waals surface area contributed by atoms with Crippen LogP contribution in [0.15, 0.2) is 41.5 Å². The van der Waals surface area contributed by atoms with Gasteiger partial charge in [0.15, 0.2) is 0 Å². The molecule has 2 aromatic heterocycles. The first kappa shape index (κ1) is 28.7. The lowest BCUT2D eigenvalue weighted by Crippen LogP contribution is -2.43. The summed E-state index contributed by atoms with van der Waals surface area (Å²) in [5.74, 6) is -0.297. The molecule has 1 aliphatic carbocycles. The smallest absolute Gasteiger partial charge is 0.315 e. The molecule has 4 heterocycles. The molecule has 2 N–H and O–H groups in total. The van der Waals surface area contributed by atoms with Crippen LogP contribution in [0, 0.1) is 6.92 Å². The standard InChI is InChI=1S/C31H37N3O7S/c1-19-24-25(35)27(31(30(36)37)12-6-3-7-13-31)33-34(29(24)42-26(19)28-32-14-17-40-28)18-23(41-20-10-15-39-16-11-20)21-8-4-5-9-22(21)38-2/h4-5,8-9,14,17,20,23,28,32H,3,6-7,10-13,15-16,18H2,1-2H3,(H,36,37). The maximum absolute atomic E-state index is 14.2. The summed E-state index contributed by atoms with van der Waals surface area (Å²) in [5, 5.41) is 19.1. The lowest BCUT2D eigenvalue weighted by Gasteiger charge is -2.33. The van der Waals surface area contributed by atoms with Gasteiger partial charge in [-0.05, 0) is 44.2 Å². The number of para-hydroxylation sites is 1. The molecule has 0 spiro atoms. The Bertz CT molecular complexity index is 1530. The first-order valence-electron chi connectivity index (χ1n) is 14.6. The summed E-state index contributed by atoms with van der Waals surface area (Å²) >= 11 is 1.44. The Morgan fingerprint density at radius 2 is 2.00 bits per heavy atom. The van der Waals surface area contributed by atoms with Crippen LogP contribution in [0.25, 0.3) is 10.2 Å². The fourth-order valence-corrected chi connectivity index (χ4v) is 7.72. The van der Waals surface area contributed by atoms with E-state index in [4.69, 9.17) is 24.0 Å². The van der Waals surface area contributed by atoms with Crippen LogP contribution < -0.4 is 15.5 Å². The summed E-state index contributed by atoms with van der Waals surface area (Å²) in [6, 6.07) is 7.75. The van der Waals surface area contributed by atoms with Crippen molar-refractivity contribution in [2.75, 3.05) is 20.3 Å². The second-order valence-electron chi connectivity index (χ2n) is 11.2. The number of methoxy groups -OCH3 is 1. The van der Waals surface area contributed by atoms with Gasteiger partial charge >= 0.3 is 5.97 Å². The maximum Gasteiger partial charge on any atom is 0.315 e. The molecule has 0 amide bonds. The SMILES string of the molecule is COc1ccccc1C(Cn1nc(C2(C(=O)O)CCCCC2)c(=O)c2c(C)c(C3NC=CO3)sc21)OC1CCOCC1. The van der Waals surface area contributed by atoms with Gasteiger partial charge in [0.25, 0.3) is 0 Å². The minimum atomic E-state index is -1.33. The molecule has 3 aromatic rings. The van der Waals surface area contributed by atoms with Crippen LogP contribution in [0.3, 0.4) is 0 Å². The van der Waals surface area contributed by atoms with Gasteiger partial charge in [-0.3, -0.25) is 14.3 Å². The molecule has 0 radical (unpaired) electrons. The maximum atomic E-state index is 14.2. The molecule has 1 saturated heterocycles. The van der Waals surface area contributed by atoms with Gasteiger partial charge in [0, 0.05) is 25.0 Å². The Morgan fingerprint density at radius 3 is 2.69 bits per heavy atom. The molecule has 10 nitrogen and oxygen atoms in total. The minimum absolute atomic E-state index is 0.0190. The van der Waals surface area contributed by atoms with Gasteiger partial charge in [-0.15, -0.1) is 11.3 Å². The van der Waals surface area contributed by atoms with Gasteiger partial charge in [0.1, 0.15) is 34.1 Å². The molecule has 2 atom stereocenters. The van der Waals surface area contributed by atoms with Crippen LogP contribution in [0.4, 0.5) is 0 Å². The topological polar surface area (TPSA) is 121 Å². The van der Waals surface area contributed by atoms with Crippen molar-refractivity contribution < 1.29 is 28.8 Å². The van der Waals surface area contributed by atoms with Crippen molar-refractivity contribution in [1.29, 1.82) is 0 Å². The zero-order valence-electron chi connectivity index (χ0n) is 24.0. The van der Waals surface area contributed by atoms with Gasteiger partial charge in [-0.1, -0.05) is 37.5 Å². The number of hydrogen-bond acceptors (Lipinski definition) is 9. The Morgan fingerprint density at radius 1 is 1.24 bits per heavy atom. The second kappa shape index (κ2) is 12.1. The summed E-state index contributed by atoms with van der Waals surface area (Å²) < 4.78 is 25.6. The molecular formula is C31H37N3O7S. The van der Waals surface area contributed by atoms with Gasteiger partial charge in [0.2, 0.25) is 11.7 Å². The first-order chi connectivity index (χ1) is 20.4. The fraction of sp³-hybridized carbons (Fsp3) is 0.516. The highest BCUT2D eigenvalue weighted by Crippen LogP contribution is 2.41. The lowest BCUT2D eigenvalue weighted by molar-refractivity contribution is -0.145. The minimum Gasteiger partial charge on any atom is -0.496 e. The summed E-state index contributed by atoms with van der Waals surface area (Å²) in [6.07, 6.45) is 7.14. The van der Waals surface area contributed by atoms with Crippen LogP contribution in [0.1, 0.15) is 79.0 Å². The predicted octanol–water partition coefficient (Wildman–Crippen LogP) is 5.09. The van der Waals surface area contributed by atoms with E-state index in [0.717, 1.165) is 48.1 Å². The number of thiophene rings is 1. The van der Waals surface area contributed by atoms with Gasteiger partial charge < -0.3 is 29.4 Å². The highest BCUT2D eigenvalue weighted by Gasteiger charge is 2.46. The normalized spacial score (nSPS) is 21.1.